The summed E-state index contributed by atoms with van der Waals surface area (Å²) >= 11 is 0. The zero-order valence-electron chi connectivity index (χ0n) is 22.7. The van der Waals surface area contributed by atoms with Gasteiger partial charge in [0.05, 0.1) is 5.56 Å². The molecule has 1 heterocycles. The highest BCUT2D eigenvalue weighted by molar-refractivity contribution is 5.94. The summed E-state index contributed by atoms with van der Waals surface area (Å²) in [5, 5.41) is 0. The van der Waals surface area contributed by atoms with Crippen molar-refractivity contribution in [2.75, 3.05) is 52.9 Å². The van der Waals surface area contributed by atoms with Crippen molar-refractivity contribution in [1.29, 1.82) is 0 Å². The van der Waals surface area contributed by atoms with Crippen LogP contribution < -0.4 is 4.74 Å². The predicted molar refractivity (Wildman–Crippen MR) is 141 cm³/mol. The van der Waals surface area contributed by atoms with Crippen LogP contribution in [0.5, 0.6) is 5.75 Å². The number of halogens is 3. The molecule has 1 aliphatic rings. The number of rotatable bonds is 10. The van der Waals surface area contributed by atoms with Crippen LogP contribution in [0.25, 0.3) is 0 Å². The highest BCUT2D eigenvalue weighted by atomic mass is 19.4. The Balaban J connectivity index is 1.55. The largest absolute Gasteiger partial charge is 0.492 e. The third-order valence-corrected chi connectivity index (χ3v) is 7.46. The van der Waals surface area contributed by atoms with Gasteiger partial charge in [-0.15, -0.1) is 0 Å². The Labute approximate surface area is 219 Å². The van der Waals surface area contributed by atoms with E-state index in [0.29, 0.717) is 32.8 Å². The lowest BCUT2D eigenvalue weighted by molar-refractivity contribution is -0.137. The van der Waals surface area contributed by atoms with E-state index in [1.807, 2.05) is 0 Å². The number of piperazine rings is 1. The summed E-state index contributed by atoms with van der Waals surface area (Å²) in [4.78, 5) is 19.2. The van der Waals surface area contributed by atoms with Crippen molar-refractivity contribution >= 4 is 5.91 Å². The number of carbonyl (C=O) groups is 1. The van der Waals surface area contributed by atoms with Crippen molar-refractivity contribution in [3.05, 3.63) is 64.2 Å². The number of likely N-dealkylation sites (N-methyl/N-ethyl adjacent to an activating group) is 1. The molecule has 0 aromatic heterocycles. The zero-order chi connectivity index (χ0) is 27.2. The molecule has 0 radical (unpaired) electrons. The van der Waals surface area contributed by atoms with E-state index in [0.717, 1.165) is 36.5 Å². The molecular formula is C29H40F3N3O2. The second kappa shape index (κ2) is 12.8. The number of ether oxygens (including phenoxy) is 1. The molecule has 5 nitrogen and oxygen atoms in total. The van der Waals surface area contributed by atoms with Crippen LogP contribution in [-0.4, -0.2) is 73.5 Å². The molecule has 1 atom stereocenters. The van der Waals surface area contributed by atoms with Gasteiger partial charge in [-0.05, 0) is 87.8 Å². The number of amides is 1. The number of nitrogens with zero attached hydrogens (tertiary/aromatic N) is 3. The maximum Gasteiger partial charge on any atom is 0.416 e. The third kappa shape index (κ3) is 7.48. The minimum absolute atomic E-state index is 0.177. The summed E-state index contributed by atoms with van der Waals surface area (Å²) in [6.45, 7) is 13.7. The molecule has 0 bridgehead atoms. The Morgan fingerprint density at radius 3 is 2.24 bits per heavy atom. The first-order valence-corrected chi connectivity index (χ1v) is 13.1. The fourth-order valence-electron chi connectivity index (χ4n) is 4.77. The highest BCUT2D eigenvalue weighted by Crippen LogP contribution is 2.32. The second-order valence-corrected chi connectivity index (χ2v) is 9.99. The Kier molecular flexibility index (Phi) is 10.0. The number of hydrogen-bond donors (Lipinski definition) is 0. The van der Waals surface area contributed by atoms with Gasteiger partial charge < -0.3 is 14.5 Å². The molecule has 1 amide bonds. The maximum absolute atomic E-state index is 12.8. The van der Waals surface area contributed by atoms with Crippen LogP contribution in [0.3, 0.4) is 0 Å². The average molecular weight is 520 g/mol. The fourth-order valence-corrected chi connectivity index (χ4v) is 4.77. The zero-order valence-corrected chi connectivity index (χ0v) is 22.7. The van der Waals surface area contributed by atoms with E-state index in [1.165, 1.54) is 36.1 Å². The molecule has 2 aromatic rings. The van der Waals surface area contributed by atoms with Crippen LogP contribution in [0.15, 0.2) is 36.4 Å². The van der Waals surface area contributed by atoms with E-state index in [9.17, 15) is 18.0 Å². The van der Waals surface area contributed by atoms with Gasteiger partial charge >= 0.3 is 6.18 Å². The molecule has 0 N–H and O–H groups in total. The van der Waals surface area contributed by atoms with Gasteiger partial charge in [-0.3, -0.25) is 9.69 Å². The molecule has 8 heteroatoms. The third-order valence-electron chi connectivity index (χ3n) is 7.46. The van der Waals surface area contributed by atoms with Gasteiger partial charge in [0.2, 0.25) is 0 Å². The lowest BCUT2D eigenvalue weighted by Gasteiger charge is -2.39. The Bertz CT molecular complexity index is 1030. The lowest BCUT2D eigenvalue weighted by Crippen LogP contribution is -2.49. The van der Waals surface area contributed by atoms with Crippen molar-refractivity contribution in [1.82, 2.24) is 14.7 Å². The summed E-state index contributed by atoms with van der Waals surface area (Å²) in [6, 6.07) is 8.84. The average Bonchev–Trinajstić information content (AvgIpc) is 2.89. The summed E-state index contributed by atoms with van der Waals surface area (Å²) in [5.41, 5.74) is 3.15. The maximum atomic E-state index is 12.8. The smallest absolute Gasteiger partial charge is 0.416 e. The first-order valence-electron chi connectivity index (χ1n) is 13.1. The van der Waals surface area contributed by atoms with Gasteiger partial charge in [0.1, 0.15) is 12.4 Å². The summed E-state index contributed by atoms with van der Waals surface area (Å²) < 4.78 is 44.6. The van der Waals surface area contributed by atoms with Gasteiger partial charge in [0, 0.05) is 44.3 Å². The topological polar surface area (TPSA) is 36.0 Å². The van der Waals surface area contributed by atoms with Crippen LogP contribution >= 0.6 is 0 Å². The molecular weight excluding hydrogens is 479 g/mol. The number of hydrogen-bond acceptors (Lipinski definition) is 4. The van der Waals surface area contributed by atoms with Crippen LogP contribution in [-0.2, 0) is 6.18 Å². The second-order valence-electron chi connectivity index (χ2n) is 9.99. The minimum Gasteiger partial charge on any atom is -0.492 e. The molecule has 0 spiro atoms. The van der Waals surface area contributed by atoms with Crippen LogP contribution in [0.4, 0.5) is 13.2 Å². The number of carbonyl (C=O) groups excluding carboxylic acids is 1. The molecule has 3 rings (SSSR count). The minimum atomic E-state index is -4.41. The van der Waals surface area contributed by atoms with E-state index in [2.05, 4.69) is 56.7 Å². The SMILES string of the molecule is CCCCN(C)CCOc1ccc(C(C)N2CCN(C(=O)c3ccc(C(F)(F)F)cc3)CC2)c(C)c1C. The van der Waals surface area contributed by atoms with Crippen molar-refractivity contribution in [3.8, 4) is 5.75 Å². The highest BCUT2D eigenvalue weighted by Gasteiger charge is 2.31. The van der Waals surface area contributed by atoms with Crippen LogP contribution in [0, 0.1) is 13.8 Å². The van der Waals surface area contributed by atoms with Gasteiger partial charge in [-0.25, -0.2) is 0 Å². The van der Waals surface area contributed by atoms with Crippen molar-refractivity contribution in [2.24, 2.45) is 0 Å². The molecule has 204 valence electrons. The lowest BCUT2D eigenvalue weighted by atomic mass is 9.96. The van der Waals surface area contributed by atoms with E-state index in [4.69, 9.17) is 4.74 Å². The quantitative estimate of drug-likeness (QED) is 0.389. The van der Waals surface area contributed by atoms with E-state index >= 15 is 0 Å². The molecule has 1 saturated heterocycles. The molecule has 2 aromatic carbocycles. The van der Waals surface area contributed by atoms with Crippen molar-refractivity contribution in [2.45, 2.75) is 52.8 Å². The molecule has 1 unspecified atom stereocenters. The standard InChI is InChI=1S/C29H40F3N3O2/c1-6-7-14-33(5)19-20-37-27-13-12-26(21(2)22(27)3)23(4)34-15-17-35(18-16-34)28(36)24-8-10-25(11-9-24)29(30,31)32/h8-13,23H,6-7,14-20H2,1-5H3. The normalized spacial score (nSPS) is 15.8. The molecule has 1 fully saturated rings. The molecule has 0 saturated carbocycles. The van der Waals surface area contributed by atoms with E-state index < -0.39 is 11.7 Å². The monoisotopic (exact) mass is 519 g/mol. The van der Waals surface area contributed by atoms with Gasteiger partial charge in [0.15, 0.2) is 0 Å². The molecule has 0 aliphatic carbocycles. The van der Waals surface area contributed by atoms with Gasteiger partial charge in [0.25, 0.3) is 5.91 Å². The van der Waals surface area contributed by atoms with Crippen LogP contribution in [0.1, 0.15) is 65.3 Å². The fraction of sp³-hybridized carbons (Fsp3) is 0.552. The summed E-state index contributed by atoms with van der Waals surface area (Å²) in [5.74, 6) is 0.694. The van der Waals surface area contributed by atoms with Gasteiger partial charge in [-0.2, -0.15) is 13.2 Å². The first kappa shape index (κ1) is 29.0. The number of unbranched alkanes of at least 4 members (excludes halogenated alkanes) is 1. The Hall–Kier alpha value is -2.58. The number of benzene rings is 2. The summed E-state index contributed by atoms with van der Waals surface area (Å²) in [7, 11) is 2.12. The van der Waals surface area contributed by atoms with E-state index in [-0.39, 0.29) is 17.5 Å². The van der Waals surface area contributed by atoms with E-state index in [1.54, 1.807) is 4.90 Å². The first-order chi connectivity index (χ1) is 17.5. The van der Waals surface area contributed by atoms with Crippen LogP contribution in [0.2, 0.25) is 0 Å². The number of alkyl halides is 3. The Morgan fingerprint density at radius 2 is 1.65 bits per heavy atom. The predicted octanol–water partition coefficient (Wildman–Crippen LogP) is 5.95. The van der Waals surface area contributed by atoms with Crippen molar-refractivity contribution < 1.29 is 22.7 Å². The molecule has 1 aliphatic heterocycles. The Morgan fingerprint density at radius 1 is 1.00 bits per heavy atom. The molecule has 37 heavy (non-hydrogen) atoms. The summed E-state index contributed by atoms with van der Waals surface area (Å²) in [6.07, 6.45) is -2.03. The van der Waals surface area contributed by atoms with Gasteiger partial charge in [-0.1, -0.05) is 19.4 Å². The van der Waals surface area contributed by atoms with Crippen molar-refractivity contribution in [3.63, 3.8) is 0 Å².